The molecular formula is C23H26N4O6. The van der Waals surface area contributed by atoms with Crippen LogP contribution in [-0.2, 0) is 25.6 Å². The van der Waals surface area contributed by atoms with Crippen LogP contribution in [0.2, 0.25) is 0 Å². The first kappa shape index (κ1) is 23.7. The quantitative estimate of drug-likeness (QED) is 0.366. The van der Waals surface area contributed by atoms with Gasteiger partial charge in [0.2, 0.25) is 0 Å². The van der Waals surface area contributed by atoms with Crippen molar-refractivity contribution in [2.75, 3.05) is 13.2 Å². The number of esters is 2. The molecule has 0 fully saturated rings. The number of imidazole rings is 1. The van der Waals surface area contributed by atoms with Gasteiger partial charge in [-0.05, 0) is 33.3 Å². The molecule has 3 rings (SSSR count). The zero-order chi connectivity index (χ0) is 24.1. The molecule has 0 aliphatic carbocycles. The first-order valence-electron chi connectivity index (χ1n) is 10.5. The fraction of sp³-hybridized carbons (Fsp3) is 0.348. The lowest BCUT2D eigenvalue weighted by molar-refractivity contribution is -0.384. The maximum Gasteiger partial charge on any atom is 0.336 e. The summed E-state index contributed by atoms with van der Waals surface area (Å²) in [5.74, 6) is -1.83. The molecule has 1 aromatic heterocycles. The van der Waals surface area contributed by atoms with Gasteiger partial charge in [-0.15, -0.1) is 0 Å². The molecule has 1 aliphatic rings. The molecule has 10 heteroatoms. The number of non-ortho nitro benzene ring substituents is 1. The van der Waals surface area contributed by atoms with Crippen LogP contribution in [-0.4, -0.2) is 39.6 Å². The summed E-state index contributed by atoms with van der Waals surface area (Å²) in [6.07, 6.45) is 3.19. The van der Waals surface area contributed by atoms with Gasteiger partial charge in [-0.1, -0.05) is 12.1 Å². The van der Waals surface area contributed by atoms with E-state index in [4.69, 9.17) is 9.47 Å². The van der Waals surface area contributed by atoms with E-state index in [1.54, 1.807) is 56.9 Å². The zero-order valence-corrected chi connectivity index (χ0v) is 19.0. The molecule has 1 aliphatic heterocycles. The third-order valence-electron chi connectivity index (χ3n) is 5.29. The Labute approximate surface area is 191 Å². The number of carbonyl (C=O) groups excluding carboxylic acids is 2. The van der Waals surface area contributed by atoms with E-state index in [0.29, 0.717) is 34.8 Å². The molecule has 0 atom stereocenters. The number of nitrogens with zero attached hydrogens (tertiary/aromatic N) is 3. The van der Waals surface area contributed by atoms with E-state index in [1.165, 1.54) is 12.1 Å². The minimum atomic E-state index is -0.759. The van der Waals surface area contributed by atoms with Crippen molar-refractivity contribution in [2.24, 2.45) is 0 Å². The summed E-state index contributed by atoms with van der Waals surface area (Å²) in [5.41, 5.74) is 3.14. The number of rotatable bonds is 8. The van der Waals surface area contributed by atoms with Gasteiger partial charge in [0, 0.05) is 36.3 Å². The minimum Gasteiger partial charge on any atom is -0.463 e. The van der Waals surface area contributed by atoms with Crippen molar-refractivity contribution in [1.29, 1.82) is 0 Å². The predicted octanol–water partition coefficient (Wildman–Crippen LogP) is 3.20. The van der Waals surface area contributed by atoms with Crippen LogP contribution in [0, 0.1) is 10.1 Å². The molecule has 0 saturated heterocycles. The molecule has 0 radical (unpaired) electrons. The number of ether oxygens (including phenoxy) is 2. The van der Waals surface area contributed by atoms with E-state index in [9.17, 15) is 19.7 Å². The SMILES string of the molecule is CCOC(=O)C1=C(C)NC(C)=C(C(=O)OCC)C1c1cncn1Cc1ccc([N+](=O)[O-])cc1. The van der Waals surface area contributed by atoms with Gasteiger partial charge in [0.25, 0.3) is 5.69 Å². The molecule has 10 nitrogen and oxygen atoms in total. The second-order valence-electron chi connectivity index (χ2n) is 7.45. The van der Waals surface area contributed by atoms with E-state index in [0.717, 1.165) is 5.56 Å². The smallest absolute Gasteiger partial charge is 0.336 e. The molecule has 1 aromatic carbocycles. The van der Waals surface area contributed by atoms with Gasteiger partial charge in [-0.25, -0.2) is 14.6 Å². The summed E-state index contributed by atoms with van der Waals surface area (Å²) in [4.78, 5) is 40.6. The number of nitro groups is 1. The maximum atomic E-state index is 12.9. The van der Waals surface area contributed by atoms with Crippen molar-refractivity contribution in [1.82, 2.24) is 14.9 Å². The lowest BCUT2D eigenvalue weighted by Gasteiger charge is -2.30. The van der Waals surface area contributed by atoms with Crippen molar-refractivity contribution >= 4 is 17.6 Å². The van der Waals surface area contributed by atoms with Gasteiger partial charge in [0.05, 0.1) is 47.2 Å². The number of nitrogens with one attached hydrogen (secondary N) is 1. The highest BCUT2D eigenvalue weighted by molar-refractivity contribution is 5.99. The van der Waals surface area contributed by atoms with Gasteiger partial charge in [0.1, 0.15) is 0 Å². The van der Waals surface area contributed by atoms with Crippen LogP contribution < -0.4 is 5.32 Å². The Morgan fingerprint density at radius 1 is 1.06 bits per heavy atom. The molecule has 2 heterocycles. The normalized spacial score (nSPS) is 14.2. The Kier molecular flexibility index (Phi) is 7.27. The molecule has 0 spiro atoms. The fourth-order valence-corrected chi connectivity index (χ4v) is 3.87. The molecule has 0 saturated carbocycles. The van der Waals surface area contributed by atoms with Crippen LogP contribution in [0.5, 0.6) is 0 Å². The van der Waals surface area contributed by atoms with Crippen LogP contribution in [0.1, 0.15) is 44.9 Å². The monoisotopic (exact) mass is 454 g/mol. The number of benzene rings is 1. The Balaban J connectivity index is 2.08. The van der Waals surface area contributed by atoms with Gasteiger partial charge >= 0.3 is 11.9 Å². The van der Waals surface area contributed by atoms with Crippen LogP contribution in [0.25, 0.3) is 0 Å². The lowest BCUT2D eigenvalue weighted by Crippen LogP contribution is -2.33. The number of allylic oxidation sites excluding steroid dienone is 2. The first-order chi connectivity index (χ1) is 15.8. The van der Waals surface area contributed by atoms with E-state index in [-0.39, 0.29) is 18.9 Å². The number of carbonyl (C=O) groups is 2. The summed E-state index contributed by atoms with van der Waals surface area (Å²) < 4.78 is 12.4. The van der Waals surface area contributed by atoms with Crippen molar-refractivity contribution in [3.05, 3.63) is 80.7 Å². The van der Waals surface area contributed by atoms with Gasteiger partial charge < -0.3 is 19.4 Å². The average Bonchev–Trinajstić information content (AvgIpc) is 3.21. The highest BCUT2D eigenvalue weighted by Crippen LogP contribution is 2.39. The Morgan fingerprint density at radius 3 is 2.09 bits per heavy atom. The number of aromatic nitrogens is 2. The molecule has 0 unspecified atom stereocenters. The van der Waals surface area contributed by atoms with Crippen molar-refractivity contribution < 1.29 is 24.0 Å². The Morgan fingerprint density at radius 2 is 1.61 bits per heavy atom. The standard InChI is InChI=1S/C23H26N4O6/c1-5-32-22(28)19-14(3)25-15(4)20(23(29)33-6-2)21(19)18-11-24-13-26(18)12-16-7-9-17(10-8-16)27(30)31/h7-11,13,21,25H,5-6,12H2,1-4H3. The molecule has 174 valence electrons. The van der Waals surface area contributed by atoms with Crippen molar-refractivity contribution in [3.63, 3.8) is 0 Å². The largest absolute Gasteiger partial charge is 0.463 e. The average molecular weight is 454 g/mol. The number of dihydropyridines is 1. The third kappa shape index (κ3) is 4.94. The summed E-state index contributed by atoms with van der Waals surface area (Å²) in [5, 5.41) is 14.0. The predicted molar refractivity (Wildman–Crippen MR) is 119 cm³/mol. The Bertz CT molecular complexity index is 1090. The van der Waals surface area contributed by atoms with E-state index in [2.05, 4.69) is 10.3 Å². The first-order valence-corrected chi connectivity index (χ1v) is 10.5. The number of hydrogen-bond donors (Lipinski definition) is 1. The topological polar surface area (TPSA) is 126 Å². The van der Waals surface area contributed by atoms with E-state index in [1.807, 2.05) is 0 Å². The zero-order valence-electron chi connectivity index (χ0n) is 19.0. The fourth-order valence-electron chi connectivity index (χ4n) is 3.87. The van der Waals surface area contributed by atoms with Crippen molar-refractivity contribution in [2.45, 2.75) is 40.2 Å². The van der Waals surface area contributed by atoms with Gasteiger partial charge in [-0.2, -0.15) is 0 Å². The molecule has 0 amide bonds. The number of hydrogen-bond acceptors (Lipinski definition) is 8. The highest BCUT2D eigenvalue weighted by atomic mass is 16.6. The number of nitro benzene ring substituents is 1. The molecular weight excluding hydrogens is 428 g/mol. The van der Waals surface area contributed by atoms with Gasteiger partial charge in [0.15, 0.2) is 0 Å². The maximum absolute atomic E-state index is 12.9. The summed E-state index contributed by atoms with van der Waals surface area (Å²) in [7, 11) is 0. The second-order valence-corrected chi connectivity index (χ2v) is 7.45. The molecule has 0 bridgehead atoms. The summed E-state index contributed by atoms with van der Waals surface area (Å²) in [6.45, 7) is 7.63. The van der Waals surface area contributed by atoms with Gasteiger partial charge in [-0.3, -0.25) is 10.1 Å². The molecule has 1 N–H and O–H groups in total. The summed E-state index contributed by atoms with van der Waals surface area (Å²) >= 11 is 0. The van der Waals surface area contributed by atoms with Crippen LogP contribution in [0.4, 0.5) is 5.69 Å². The van der Waals surface area contributed by atoms with Crippen LogP contribution in [0.3, 0.4) is 0 Å². The summed E-state index contributed by atoms with van der Waals surface area (Å²) in [6, 6.07) is 6.17. The van der Waals surface area contributed by atoms with E-state index >= 15 is 0 Å². The third-order valence-corrected chi connectivity index (χ3v) is 5.29. The highest BCUT2D eigenvalue weighted by Gasteiger charge is 2.39. The molecule has 33 heavy (non-hydrogen) atoms. The van der Waals surface area contributed by atoms with Crippen LogP contribution >= 0.6 is 0 Å². The van der Waals surface area contributed by atoms with Crippen molar-refractivity contribution in [3.8, 4) is 0 Å². The minimum absolute atomic E-state index is 0.00531. The second kappa shape index (κ2) is 10.1. The molecule has 2 aromatic rings. The lowest BCUT2D eigenvalue weighted by atomic mass is 9.83. The van der Waals surface area contributed by atoms with E-state index < -0.39 is 22.8 Å². The Hall–Kier alpha value is -3.95. The van der Waals surface area contributed by atoms with Crippen LogP contribution in [0.15, 0.2) is 59.3 Å².